The lowest BCUT2D eigenvalue weighted by atomic mass is 9.87. The van der Waals surface area contributed by atoms with Gasteiger partial charge in [0.25, 0.3) is 0 Å². The number of thiazole rings is 1. The first-order valence-corrected chi connectivity index (χ1v) is 8.56. The molecule has 0 spiro atoms. The Morgan fingerprint density at radius 1 is 1.48 bits per heavy atom. The number of nitrogens with zero attached hydrogens (tertiary/aromatic N) is 1. The minimum Gasteiger partial charge on any atom is -0.396 e. The van der Waals surface area contributed by atoms with Crippen LogP contribution in [0.2, 0.25) is 0 Å². The summed E-state index contributed by atoms with van der Waals surface area (Å²) >= 11 is 1.65. The fraction of sp³-hybridized carbons (Fsp3) is 0.733. The second kappa shape index (κ2) is 7.75. The lowest BCUT2D eigenvalue weighted by molar-refractivity contribution is 0.174. The zero-order valence-corrected chi connectivity index (χ0v) is 13.6. The molecule has 5 nitrogen and oxygen atoms in total. The normalized spacial score (nSPS) is 23.6. The van der Waals surface area contributed by atoms with E-state index in [1.165, 1.54) is 4.88 Å². The predicted octanol–water partition coefficient (Wildman–Crippen LogP) is 2.62. The molecule has 1 aliphatic carbocycles. The van der Waals surface area contributed by atoms with Gasteiger partial charge in [0, 0.05) is 23.7 Å². The quantitative estimate of drug-likeness (QED) is 0.782. The molecule has 1 heterocycles. The molecule has 1 aromatic heterocycles. The summed E-state index contributed by atoms with van der Waals surface area (Å²) in [4.78, 5) is 17.6. The molecule has 2 rings (SSSR count). The van der Waals surface area contributed by atoms with Crippen molar-refractivity contribution in [1.82, 2.24) is 15.6 Å². The van der Waals surface area contributed by atoms with Gasteiger partial charge in [-0.05, 0) is 44.9 Å². The lowest BCUT2D eigenvalue weighted by Gasteiger charge is -2.28. The number of aryl methyl sites for hydroxylation is 1. The van der Waals surface area contributed by atoms with Crippen LogP contribution in [0.4, 0.5) is 4.79 Å². The minimum atomic E-state index is -0.122. The number of aromatic nitrogens is 1. The molecule has 1 aliphatic rings. The summed E-state index contributed by atoms with van der Waals surface area (Å²) < 4.78 is 0. The van der Waals surface area contributed by atoms with Gasteiger partial charge in [-0.2, -0.15) is 0 Å². The Labute approximate surface area is 130 Å². The Morgan fingerprint density at radius 3 is 2.76 bits per heavy atom. The highest BCUT2D eigenvalue weighted by Crippen LogP contribution is 2.24. The molecule has 1 aromatic rings. The average Bonchev–Trinajstić information content (AvgIpc) is 2.97. The maximum Gasteiger partial charge on any atom is 0.315 e. The van der Waals surface area contributed by atoms with Crippen LogP contribution < -0.4 is 10.6 Å². The van der Waals surface area contributed by atoms with Crippen LogP contribution in [0.25, 0.3) is 0 Å². The van der Waals surface area contributed by atoms with Crippen LogP contribution in [0.15, 0.2) is 6.20 Å². The third kappa shape index (κ3) is 4.68. The van der Waals surface area contributed by atoms with Crippen molar-refractivity contribution in [2.75, 3.05) is 6.61 Å². The summed E-state index contributed by atoms with van der Waals surface area (Å²) in [6, 6.07) is 0.0368. The van der Waals surface area contributed by atoms with Crippen molar-refractivity contribution in [3.05, 3.63) is 16.1 Å². The third-order valence-corrected chi connectivity index (χ3v) is 5.40. The Kier molecular flexibility index (Phi) is 5.99. The van der Waals surface area contributed by atoms with Gasteiger partial charge in [-0.1, -0.05) is 6.92 Å². The van der Waals surface area contributed by atoms with Crippen LogP contribution in [-0.2, 0) is 6.42 Å². The molecule has 1 unspecified atom stereocenters. The molecule has 21 heavy (non-hydrogen) atoms. The molecule has 118 valence electrons. The van der Waals surface area contributed by atoms with E-state index in [-0.39, 0.29) is 24.7 Å². The van der Waals surface area contributed by atoms with Gasteiger partial charge in [0.05, 0.1) is 6.04 Å². The second-order valence-electron chi connectivity index (χ2n) is 5.76. The molecule has 2 amide bonds. The number of carbonyl (C=O) groups excluding carboxylic acids is 1. The zero-order chi connectivity index (χ0) is 15.2. The van der Waals surface area contributed by atoms with Crippen molar-refractivity contribution in [2.45, 2.75) is 58.0 Å². The Hall–Kier alpha value is -1.14. The highest BCUT2D eigenvalue weighted by molar-refractivity contribution is 7.11. The zero-order valence-electron chi connectivity index (χ0n) is 12.8. The summed E-state index contributed by atoms with van der Waals surface area (Å²) in [5.41, 5.74) is 0. The fourth-order valence-corrected chi connectivity index (χ4v) is 3.52. The van der Waals surface area contributed by atoms with E-state index in [0.717, 1.165) is 37.1 Å². The molecule has 1 fully saturated rings. The number of aliphatic hydroxyl groups excluding tert-OH is 1. The van der Waals surface area contributed by atoms with Crippen LogP contribution in [0.3, 0.4) is 0 Å². The van der Waals surface area contributed by atoms with Crippen LogP contribution >= 0.6 is 11.3 Å². The predicted molar refractivity (Wildman–Crippen MR) is 84.4 cm³/mol. The molecule has 0 saturated heterocycles. The fourth-order valence-electron chi connectivity index (χ4n) is 2.66. The van der Waals surface area contributed by atoms with Gasteiger partial charge in [0.15, 0.2) is 0 Å². The van der Waals surface area contributed by atoms with E-state index >= 15 is 0 Å². The van der Waals surface area contributed by atoms with E-state index in [2.05, 4.69) is 22.5 Å². The summed E-state index contributed by atoms with van der Waals surface area (Å²) in [5, 5.41) is 16.1. The molecule has 3 N–H and O–H groups in total. The maximum atomic E-state index is 12.0. The molecule has 1 atom stereocenters. The van der Waals surface area contributed by atoms with Crippen molar-refractivity contribution in [3.8, 4) is 0 Å². The van der Waals surface area contributed by atoms with Crippen molar-refractivity contribution >= 4 is 17.4 Å². The smallest absolute Gasteiger partial charge is 0.315 e. The van der Waals surface area contributed by atoms with Gasteiger partial charge in [-0.15, -0.1) is 11.3 Å². The SMILES string of the molecule is CCc1cnc(C(C)NC(=O)NC2CCC(CO)CC2)s1. The Bertz CT molecular complexity index is 456. The third-order valence-electron chi connectivity index (χ3n) is 4.08. The highest BCUT2D eigenvalue weighted by Gasteiger charge is 2.22. The van der Waals surface area contributed by atoms with Gasteiger partial charge in [0.1, 0.15) is 5.01 Å². The van der Waals surface area contributed by atoms with Gasteiger partial charge >= 0.3 is 6.03 Å². The number of aliphatic hydroxyl groups is 1. The molecule has 0 aliphatic heterocycles. The van der Waals surface area contributed by atoms with Crippen LogP contribution in [-0.4, -0.2) is 28.8 Å². The number of amides is 2. The van der Waals surface area contributed by atoms with Crippen molar-refractivity contribution < 1.29 is 9.90 Å². The minimum absolute atomic E-state index is 0.0657. The monoisotopic (exact) mass is 311 g/mol. The second-order valence-corrected chi connectivity index (χ2v) is 6.90. The first-order valence-electron chi connectivity index (χ1n) is 7.74. The van der Waals surface area contributed by atoms with Crippen molar-refractivity contribution in [2.24, 2.45) is 5.92 Å². The topological polar surface area (TPSA) is 74.2 Å². The number of carbonyl (C=O) groups is 1. The van der Waals surface area contributed by atoms with Gasteiger partial charge in [0.2, 0.25) is 0 Å². The summed E-state index contributed by atoms with van der Waals surface area (Å²) in [7, 11) is 0. The van der Waals surface area contributed by atoms with Crippen LogP contribution in [0.1, 0.15) is 55.5 Å². The highest BCUT2D eigenvalue weighted by atomic mass is 32.1. The van der Waals surface area contributed by atoms with Gasteiger partial charge < -0.3 is 15.7 Å². The van der Waals surface area contributed by atoms with E-state index in [1.807, 2.05) is 13.1 Å². The van der Waals surface area contributed by atoms with E-state index in [1.54, 1.807) is 11.3 Å². The van der Waals surface area contributed by atoms with Crippen LogP contribution in [0, 0.1) is 5.92 Å². The number of rotatable bonds is 5. The van der Waals surface area contributed by atoms with Gasteiger partial charge in [-0.3, -0.25) is 0 Å². The molecule has 0 bridgehead atoms. The van der Waals surface area contributed by atoms with Gasteiger partial charge in [-0.25, -0.2) is 9.78 Å². The van der Waals surface area contributed by atoms with E-state index in [4.69, 9.17) is 5.11 Å². The first-order chi connectivity index (χ1) is 10.1. The van der Waals surface area contributed by atoms with Crippen molar-refractivity contribution in [3.63, 3.8) is 0 Å². The van der Waals surface area contributed by atoms with Crippen molar-refractivity contribution in [1.29, 1.82) is 0 Å². The standard InChI is InChI=1S/C15H25N3O2S/c1-3-13-8-16-14(21-13)10(2)17-15(20)18-12-6-4-11(9-19)5-7-12/h8,10-12,19H,3-7,9H2,1-2H3,(H2,17,18,20). The molecular weight excluding hydrogens is 286 g/mol. The molecule has 1 saturated carbocycles. The largest absolute Gasteiger partial charge is 0.396 e. The van der Waals surface area contributed by atoms with Crippen LogP contribution in [0.5, 0.6) is 0 Å². The number of nitrogens with one attached hydrogen (secondary N) is 2. The van der Waals surface area contributed by atoms with E-state index < -0.39 is 0 Å². The average molecular weight is 311 g/mol. The summed E-state index contributed by atoms with van der Waals surface area (Å²) in [5.74, 6) is 0.410. The first kappa shape index (κ1) is 16.2. The van der Waals surface area contributed by atoms with E-state index in [0.29, 0.717) is 5.92 Å². The number of hydrogen-bond donors (Lipinski definition) is 3. The number of hydrogen-bond acceptors (Lipinski definition) is 4. The number of urea groups is 1. The molecule has 6 heteroatoms. The summed E-state index contributed by atoms with van der Waals surface area (Å²) in [6.45, 7) is 4.32. The summed E-state index contributed by atoms with van der Waals surface area (Å²) in [6.07, 6.45) is 6.73. The Morgan fingerprint density at radius 2 is 2.19 bits per heavy atom. The van der Waals surface area contributed by atoms with E-state index in [9.17, 15) is 4.79 Å². The molecule has 0 radical (unpaired) electrons. The lowest BCUT2D eigenvalue weighted by Crippen LogP contribution is -2.44. The Balaban J connectivity index is 1.76. The molecular formula is C15H25N3O2S. The molecule has 0 aromatic carbocycles. The maximum absolute atomic E-state index is 12.0.